The minimum atomic E-state index is -0.0765. The molecule has 0 spiro atoms. The van der Waals surface area contributed by atoms with Crippen LogP contribution in [0, 0.1) is 0 Å². The Morgan fingerprint density at radius 3 is 3.15 bits per heavy atom. The van der Waals surface area contributed by atoms with Crippen molar-refractivity contribution in [2.75, 3.05) is 6.54 Å². The normalized spacial score (nSPS) is 13.9. The maximum atomic E-state index is 12.7. The molecule has 0 bridgehead atoms. The third-order valence-corrected chi connectivity index (χ3v) is 5.72. The van der Waals surface area contributed by atoms with E-state index in [9.17, 15) is 4.79 Å². The number of aromatic nitrogens is 3. The van der Waals surface area contributed by atoms with Gasteiger partial charge in [-0.25, -0.2) is 9.97 Å². The summed E-state index contributed by atoms with van der Waals surface area (Å²) in [6.07, 6.45) is 4.13. The van der Waals surface area contributed by atoms with Crippen LogP contribution >= 0.6 is 11.3 Å². The first kappa shape index (κ1) is 15.3. The largest absolute Gasteiger partial charge is 0.446 e. The first-order valence-electron chi connectivity index (χ1n) is 8.47. The second-order valence-corrected chi connectivity index (χ2v) is 7.33. The molecule has 26 heavy (non-hydrogen) atoms. The van der Waals surface area contributed by atoms with Crippen LogP contribution < -0.4 is 0 Å². The summed E-state index contributed by atoms with van der Waals surface area (Å²) >= 11 is 1.76. The summed E-state index contributed by atoms with van der Waals surface area (Å²) in [6.45, 7) is 1.81. The van der Waals surface area contributed by atoms with E-state index < -0.39 is 0 Å². The molecule has 4 aromatic rings. The number of nitrogens with zero attached hydrogens (tertiary/aromatic N) is 4. The van der Waals surface area contributed by atoms with Gasteiger partial charge in [0.05, 0.1) is 17.4 Å². The zero-order valence-electron chi connectivity index (χ0n) is 14.0. The summed E-state index contributed by atoms with van der Waals surface area (Å²) < 4.78 is 7.51. The van der Waals surface area contributed by atoms with E-state index in [-0.39, 0.29) is 5.91 Å². The van der Waals surface area contributed by atoms with Gasteiger partial charge in [0, 0.05) is 18.0 Å². The van der Waals surface area contributed by atoms with Crippen molar-refractivity contribution < 1.29 is 9.21 Å². The number of carbonyl (C=O) groups is 1. The Bertz CT molecular complexity index is 1090. The summed E-state index contributed by atoms with van der Waals surface area (Å²) in [5.74, 6) is 0.428. The predicted octanol–water partition coefficient (Wildman–Crippen LogP) is 3.33. The number of thiophene rings is 1. The van der Waals surface area contributed by atoms with Gasteiger partial charge in [-0.1, -0.05) is 12.1 Å². The molecule has 0 atom stereocenters. The van der Waals surface area contributed by atoms with Gasteiger partial charge in [-0.2, -0.15) is 0 Å². The van der Waals surface area contributed by atoms with E-state index in [1.807, 2.05) is 33.7 Å². The summed E-state index contributed by atoms with van der Waals surface area (Å²) in [6, 6.07) is 9.99. The monoisotopic (exact) mass is 364 g/mol. The van der Waals surface area contributed by atoms with Gasteiger partial charge >= 0.3 is 0 Å². The van der Waals surface area contributed by atoms with Crippen LogP contribution in [0.3, 0.4) is 0 Å². The average Bonchev–Trinajstić information content (AvgIpc) is 3.41. The fourth-order valence-electron chi connectivity index (χ4n) is 3.35. The summed E-state index contributed by atoms with van der Waals surface area (Å²) in [5.41, 5.74) is 3.54. The zero-order chi connectivity index (χ0) is 17.5. The van der Waals surface area contributed by atoms with Crippen LogP contribution in [0.4, 0.5) is 0 Å². The van der Waals surface area contributed by atoms with Crippen LogP contribution in [0.25, 0.3) is 11.0 Å². The lowest BCUT2D eigenvalue weighted by molar-refractivity contribution is 0.0730. The Morgan fingerprint density at radius 2 is 2.19 bits per heavy atom. The van der Waals surface area contributed by atoms with Gasteiger partial charge in [0.2, 0.25) is 5.89 Å². The minimum absolute atomic E-state index is 0.0765. The average molecular weight is 364 g/mol. The molecule has 7 heteroatoms. The van der Waals surface area contributed by atoms with E-state index in [1.54, 1.807) is 17.7 Å². The number of hydrogen-bond donors (Lipinski definition) is 0. The van der Waals surface area contributed by atoms with Crippen molar-refractivity contribution in [1.29, 1.82) is 0 Å². The van der Waals surface area contributed by atoms with Crippen molar-refractivity contribution in [3.8, 4) is 0 Å². The number of oxazole rings is 1. The molecule has 4 heterocycles. The Hall–Kier alpha value is -2.93. The van der Waals surface area contributed by atoms with Crippen LogP contribution in [0.15, 0.2) is 52.7 Å². The van der Waals surface area contributed by atoms with Gasteiger partial charge < -0.3 is 13.9 Å². The molecule has 5 rings (SSSR count). The van der Waals surface area contributed by atoms with Crippen molar-refractivity contribution >= 4 is 28.3 Å². The molecule has 0 saturated heterocycles. The molecule has 1 aliphatic heterocycles. The Kier molecular flexibility index (Phi) is 3.60. The number of amides is 1. The second-order valence-electron chi connectivity index (χ2n) is 6.33. The summed E-state index contributed by atoms with van der Waals surface area (Å²) in [5, 5.41) is 2.09. The quantitative estimate of drug-likeness (QED) is 0.559. The van der Waals surface area contributed by atoms with Crippen LogP contribution in [0.2, 0.25) is 0 Å². The van der Waals surface area contributed by atoms with Crippen molar-refractivity contribution in [2.24, 2.45) is 0 Å². The lowest BCUT2D eigenvalue weighted by atomic mass is 10.1. The van der Waals surface area contributed by atoms with Crippen LogP contribution in [0.5, 0.6) is 0 Å². The van der Waals surface area contributed by atoms with Crippen molar-refractivity contribution in [3.63, 3.8) is 0 Å². The Balaban J connectivity index is 1.34. The predicted molar refractivity (Wildman–Crippen MR) is 98.1 cm³/mol. The van der Waals surface area contributed by atoms with E-state index in [4.69, 9.17) is 4.42 Å². The Morgan fingerprint density at radius 1 is 1.27 bits per heavy atom. The maximum absolute atomic E-state index is 12.7. The Labute approximate surface area is 153 Å². The molecule has 130 valence electrons. The standard InChI is InChI=1S/C19H16N4O2S/c24-19(22-7-5-17-13(9-22)6-8-26-17)15-11-25-18(21-15)10-23-12-20-14-3-1-2-4-16(14)23/h1-4,6,8,11-12H,5,7,9-10H2. The van der Waals surface area contributed by atoms with Gasteiger partial charge in [0.1, 0.15) is 12.8 Å². The molecule has 1 amide bonds. The van der Waals surface area contributed by atoms with Gasteiger partial charge in [0.15, 0.2) is 5.69 Å². The molecule has 0 N–H and O–H groups in total. The topological polar surface area (TPSA) is 64.2 Å². The van der Waals surface area contributed by atoms with Gasteiger partial charge in [-0.05, 0) is 35.6 Å². The highest BCUT2D eigenvalue weighted by atomic mass is 32.1. The second kappa shape index (κ2) is 6.10. The zero-order valence-corrected chi connectivity index (χ0v) is 14.8. The first-order valence-corrected chi connectivity index (χ1v) is 9.35. The van der Waals surface area contributed by atoms with E-state index in [2.05, 4.69) is 21.4 Å². The molecule has 0 aliphatic carbocycles. The summed E-state index contributed by atoms with van der Waals surface area (Å²) in [4.78, 5) is 24.7. The number of benzene rings is 1. The first-order chi connectivity index (χ1) is 12.8. The molecule has 6 nitrogen and oxygen atoms in total. The van der Waals surface area contributed by atoms with Crippen molar-refractivity contribution in [2.45, 2.75) is 19.5 Å². The van der Waals surface area contributed by atoms with Crippen molar-refractivity contribution in [1.82, 2.24) is 19.4 Å². The van der Waals surface area contributed by atoms with E-state index in [0.717, 1.165) is 24.0 Å². The minimum Gasteiger partial charge on any atom is -0.446 e. The molecule has 0 saturated carbocycles. The van der Waals surface area contributed by atoms with Gasteiger partial charge in [0.25, 0.3) is 5.91 Å². The lowest BCUT2D eigenvalue weighted by Gasteiger charge is -2.26. The molecule has 1 aliphatic rings. The number of para-hydroxylation sites is 2. The molecule has 0 radical (unpaired) electrons. The van der Waals surface area contributed by atoms with E-state index in [1.165, 1.54) is 16.7 Å². The maximum Gasteiger partial charge on any atom is 0.276 e. The molecular formula is C19H16N4O2S. The fourth-order valence-corrected chi connectivity index (χ4v) is 4.24. The number of carbonyl (C=O) groups excluding carboxylic acids is 1. The molecule has 1 aromatic carbocycles. The summed E-state index contributed by atoms with van der Waals surface area (Å²) in [7, 11) is 0. The van der Waals surface area contributed by atoms with Crippen molar-refractivity contribution in [3.05, 3.63) is 70.3 Å². The van der Waals surface area contributed by atoms with Gasteiger partial charge in [-0.3, -0.25) is 4.79 Å². The molecule has 0 unspecified atom stereocenters. The fraction of sp³-hybridized carbons (Fsp3) is 0.211. The van der Waals surface area contributed by atoms with Crippen LogP contribution in [-0.2, 0) is 19.5 Å². The SMILES string of the molecule is O=C(c1coc(Cn2cnc3ccccc32)n1)N1CCc2sccc2C1. The molecule has 3 aromatic heterocycles. The van der Waals surface area contributed by atoms with E-state index >= 15 is 0 Å². The highest BCUT2D eigenvalue weighted by Gasteiger charge is 2.24. The number of fused-ring (bicyclic) bond motifs is 2. The lowest BCUT2D eigenvalue weighted by Crippen LogP contribution is -2.35. The molecule has 0 fully saturated rings. The van der Waals surface area contributed by atoms with Crippen LogP contribution in [0.1, 0.15) is 26.8 Å². The number of rotatable bonds is 3. The number of hydrogen-bond acceptors (Lipinski definition) is 5. The van der Waals surface area contributed by atoms with E-state index in [0.29, 0.717) is 24.7 Å². The number of imidazole rings is 1. The third-order valence-electron chi connectivity index (χ3n) is 4.70. The smallest absolute Gasteiger partial charge is 0.276 e. The molecular weight excluding hydrogens is 348 g/mol. The van der Waals surface area contributed by atoms with Gasteiger partial charge in [-0.15, -0.1) is 11.3 Å². The highest BCUT2D eigenvalue weighted by Crippen LogP contribution is 2.25. The highest BCUT2D eigenvalue weighted by molar-refractivity contribution is 7.10. The van der Waals surface area contributed by atoms with Crippen LogP contribution in [-0.4, -0.2) is 31.9 Å². The third kappa shape index (κ3) is 2.61.